The molecule has 0 atom stereocenters. The van der Waals surface area contributed by atoms with Gasteiger partial charge in [-0.25, -0.2) is 4.98 Å². The third kappa shape index (κ3) is 2.00. The number of hydrogen-bond acceptors (Lipinski definition) is 2. The average molecular weight is 167 g/mol. The Bertz CT molecular complexity index is 238. The topological polar surface area (TPSA) is 29.9 Å². The zero-order valence-corrected chi connectivity index (χ0v) is 8.20. The van der Waals surface area contributed by atoms with Crippen molar-refractivity contribution in [3.63, 3.8) is 0 Å². The summed E-state index contributed by atoms with van der Waals surface area (Å²) in [7, 11) is 0. The molecule has 1 aromatic rings. The summed E-state index contributed by atoms with van der Waals surface area (Å²) in [5.41, 5.74) is 0. The zero-order valence-electron chi connectivity index (χ0n) is 8.20. The van der Waals surface area contributed by atoms with Crippen molar-refractivity contribution < 1.29 is 0 Å². The SMILES string of the molecule is CC(C)Nc1nccn1C(C)C. The second kappa shape index (κ2) is 3.61. The molecule has 1 aromatic heterocycles. The lowest BCUT2D eigenvalue weighted by Gasteiger charge is -2.14. The van der Waals surface area contributed by atoms with Crippen LogP contribution < -0.4 is 5.32 Å². The highest BCUT2D eigenvalue weighted by Gasteiger charge is 2.05. The van der Waals surface area contributed by atoms with E-state index in [4.69, 9.17) is 0 Å². The molecule has 0 aliphatic rings. The molecule has 0 radical (unpaired) electrons. The fourth-order valence-corrected chi connectivity index (χ4v) is 1.10. The number of rotatable bonds is 3. The van der Waals surface area contributed by atoms with Gasteiger partial charge in [0.1, 0.15) is 0 Å². The van der Waals surface area contributed by atoms with Crippen LogP contribution in [0.15, 0.2) is 12.4 Å². The summed E-state index contributed by atoms with van der Waals surface area (Å²) >= 11 is 0. The van der Waals surface area contributed by atoms with Crippen molar-refractivity contribution in [2.45, 2.75) is 39.8 Å². The Morgan fingerprint density at radius 1 is 1.33 bits per heavy atom. The molecule has 3 nitrogen and oxygen atoms in total. The first-order valence-corrected chi connectivity index (χ1v) is 4.40. The maximum Gasteiger partial charge on any atom is 0.203 e. The van der Waals surface area contributed by atoms with Crippen molar-refractivity contribution in [3.8, 4) is 0 Å². The van der Waals surface area contributed by atoms with Crippen LogP contribution >= 0.6 is 0 Å². The van der Waals surface area contributed by atoms with Gasteiger partial charge in [-0.1, -0.05) is 0 Å². The molecule has 0 aliphatic carbocycles. The molecule has 0 fully saturated rings. The number of imidazole rings is 1. The van der Waals surface area contributed by atoms with Gasteiger partial charge in [-0.2, -0.15) is 0 Å². The van der Waals surface area contributed by atoms with Crippen LogP contribution in [-0.2, 0) is 0 Å². The van der Waals surface area contributed by atoms with Crippen molar-refractivity contribution in [2.24, 2.45) is 0 Å². The minimum atomic E-state index is 0.435. The number of nitrogens with zero attached hydrogens (tertiary/aromatic N) is 2. The first-order valence-electron chi connectivity index (χ1n) is 4.40. The molecule has 0 saturated heterocycles. The highest BCUT2D eigenvalue weighted by molar-refractivity contribution is 5.27. The maximum absolute atomic E-state index is 4.23. The highest BCUT2D eigenvalue weighted by Crippen LogP contribution is 2.12. The summed E-state index contributed by atoms with van der Waals surface area (Å²) < 4.78 is 2.12. The van der Waals surface area contributed by atoms with Gasteiger partial charge in [0.15, 0.2) is 0 Å². The van der Waals surface area contributed by atoms with Crippen LogP contribution in [0, 0.1) is 0 Å². The van der Waals surface area contributed by atoms with Gasteiger partial charge in [0, 0.05) is 24.5 Å². The standard InChI is InChI=1S/C9H17N3/c1-7(2)11-9-10-5-6-12(9)8(3)4/h5-8H,1-4H3,(H,10,11). The molecule has 0 saturated carbocycles. The van der Waals surface area contributed by atoms with E-state index in [1.807, 2.05) is 12.4 Å². The molecule has 0 bridgehead atoms. The summed E-state index contributed by atoms with van der Waals surface area (Å²) in [6, 6.07) is 0.902. The van der Waals surface area contributed by atoms with Gasteiger partial charge in [0.05, 0.1) is 0 Å². The van der Waals surface area contributed by atoms with Gasteiger partial charge in [-0.15, -0.1) is 0 Å². The monoisotopic (exact) mass is 167 g/mol. The van der Waals surface area contributed by atoms with Gasteiger partial charge < -0.3 is 9.88 Å². The third-order valence-electron chi connectivity index (χ3n) is 1.64. The second-order valence-electron chi connectivity index (χ2n) is 3.55. The van der Waals surface area contributed by atoms with Crippen molar-refractivity contribution in [1.29, 1.82) is 0 Å². The fourth-order valence-electron chi connectivity index (χ4n) is 1.10. The molecule has 0 amide bonds. The van der Waals surface area contributed by atoms with E-state index in [9.17, 15) is 0 Å². The quantitative estimate of drug-likeness (QED) is 0.748. The van der Waals surface area contributed by atoms with E-state index >= 15 is 0 Å². The van der Waals surface area contributed by atoms with Crippen LogP contribution in [0.25, 0.3) is 0 Å². The zero-order chi connectivity index (χ0) is 9.14. The highest BCUT2D eigenvalue weighted by atomic mass is 15.2. The first kappa shape index (κ1) is 9.10. The van der Waals surface area contributed by atoms with E-state index in [0.29, 0.717) is 12.1 Å². The Labute approximate surface area is 73.8 Å². The Kier molecular flexibility index (Phi) is 2.74. The Morgan fingerprint density at radius 3 is 2.50 bits per heavy atom. The largest absolute Gasteiger partial charge is 0.353 e. The lowest BCUT2D eigenvalue weighted by atomic mass is 10.4. The molecule has 3 heteroatoms. The Hall–Kier alpha value is -0.990. The number of aromatic nitrogens is 2. The fraction of sp³-hybridized carbons (Fsp3) is 0.667. The lowest BCUT2D eigenvalue weighted by molar-refractivity contribution is 0.601. The van der Waals surface area contributed by atoms with E-state index in [0.717, 1.165) is 5.95 Å². The van der Waals surface area contributed by atoms with E-state index in [1.54, 1.807) is 0 Å². The molecule has 0 spiro atoms. The molecule has 1 N–H and O–H groups in total. The molecular weight excluding hydrogens is 150 g/mol. The van der Waals surface area contributed by atoms with Crippen molar-refractivity contribution in [3.05, 3.63) is 12.4 Å². The Morgan fingerprint density at radius 2 is 2.00 bits per heavy atom. The molecular formula is C9H17N3. The van der Waals surface area contributed by atoms with Crippen LogP contribution in [0.1, 0.15) is 33.7 Å². The Balaban J connectivity index is 2.77. The van der Waals surface area contributed by atoms with Crippen molar-refractivity contribution in [2.75, 3.05) is 5.32 Å². The summed E-state index contributed by atoms with van der Waals surface area (Å²) in [5, 5.41) is 3.29. The van der Waals surface area contributed by atoms with Gasteiger partial charge in [-0.3, -0.25) is 0 Å². The predicted molar refractivity (Wildman–Crippen MR) is 51.4 cm³/mol. The second-order valence-corrected chi connectivity index (χ2v) is 3.55. The van der Waals surface area contributed by atoms with E-state index in [2.05, 4.69) is 42.6 Å². The lowest BCUT2D eigenvalue weighted by Crippen LogP contribution is -2.15. The number of anilines is 1. The van der Waals surface area contributed by atoms with Crippen LogP contribution in [0.4, 0.5) is 5.95 Å². The molecule has 0 aromatic carbocycles. The van der Waals surface area contributed by atoms with Crippen molar-refractivity contribution in [1.82, 2.24) is 9.55 Å². The van der Waals surface area contributed by atoms with Crippen molar-refractivity contribution >= 4 is 5.95 Å². The number of nitrogens with one attached hydrogen (secondary N) is 1. The third-order valence-corrected chi connectivity index (χ3v) is 1.64. The van der Waals surface area contributed by atoms with Crippen LogP contribution in [-0.4, -0.2) is 15.6 Å². The summed E-state index contributed by atoms with van der Waals surface area (Å²) in [5.74, 6) is 0.958. The van der Waals surface area contributed by atoms with Gasteiger partial charge >= 0.3 is 0 Å². The molecule has 68 valence electrons. The summed E-state index contributed by atoms with van der Waals surface area (Å²) in [6.45, 7) is 8.51. The first-order chi connectivity index (χ1) is 5.61. The van der Waals surface area contributed by atoms with E-state index in [-0.39, 0.29) is 0 Å². The number of hydrogen-bond donors (Lipinski definition) is 1. The van der Waals surface area contributed by atoms with Gasteiger partial charge in [0.2, 0.25) is 5.95 Å². The van der Waals surface area contributed by atoms with Gasteiger partial charge in [-0.05, 0) is 27.7 Å². The van der Waals surface area contributed by atoms with Gasteiger partial charge in [0.25, 0.3) is 0 Å². The summed E-state index contributed by atoms with van der Waals surface area (Å²) in [6.07, 6.45) is 3.82. The minimum absolute atomic E-state index is 0.435. The summed E-state index contributed by atoms with van der Waals surface area (Å²) in [4.78, 5) is 4.23. The molecule has 1 heterocycles. The van der Waals surface area contributed by atoms with Crippen LogP contribution in [0.5, 0.6) is 0 Å². The minimum Gasteiger partial charge on any atom is -0.353 e. The smallest absolute Gasteiger partial charge is 0.203 e. The molecule has 0 unspecified atom stereocenters. The normalized spacial score (nSPS) is 11.2. The predicted octanol–water partition coefficient (Wildman–Crippen LogP) is 2.28. The maximum atomic E-state index is 4.23. The van der Waals surface area contributed by atoms with Crippen LogP contribution in [0.2, 0.25) is 0 Å². The molecule has 0 aliphatic heterocycles. The van der Waals surface area contributed by atoms with E-state index in [1.165, 1.54) is 0 Å². The van der Waals surface area contributed by atoms with E-state index < -0.39 is 0 Å². The van der Waals surface area contributed by atoms with Crippen LogP contribution in [0.3, 0.4) is 0 Å². The average Bonchev–Trinajstić information content (AvgIpc) is 2.33. The molecule has 1 rings (SSSR count). The molecule has 12 heavy (non-hydrogen) atoms.